The molecule has 1 heterocycles. The number of alkyl halides is 3. The lowest BCUT2D eigenvalue weighted by Gasteiger charge is -2.10. The zero-order valence-electron chi connectivity index (χ0n) is 17.6. The lowest BCUT2D eigenvalue weighted by atomic mass is 10.1. The summed E-state index contributed by atoms with van der Waals surface area (Å²) in [4.78, 5) is 25.1. The molecule has 0 aliphatic rings. The molecule has 0 radical (unpaired) electrons. The van der Waals surface area contributed by atoms with Crippen LogP contribution < -0.4 is 10.6 Å². The number of anilines is 2. The second-order valence-corrected chi connectivity index (χ2v) is 7.35. The fourth-order valence-corrected chi connectivity index (χ4v) is 3.16. The Morgan fingerprint density at radius 1 is 0.824 bits per heavy atom. The second-order valence-electron chi connectivity index (χ2n) is 7.35. The summed E-state index contributed by atoms with van der Waals surface area (Å²) in [5, 5.41) is 12.9. The molecule has 4 aromatic rings. The molecule has 0 atom stereocenters. The largest absolute Gasteiger partial charge is 0.416 e. The van der Waals surface area contributed by atoms with Crippen molar-refractivity contribution in [3.63, 3.8) is 0 Å². The molecule has 10 heteroatoms. The zero-order valence-corrected chi connectivity index (χ0v) is 17.6. The molecule has 34 heavy (non-hydrogen) atoms. The Morgan fingerprint density at radius 2 is 1.50 bits per heavy atom. The number of hydrogen-bond donors (Lipinski definition) is 2. The van der Waals surface area contributed by atoms with E-state index in [4.69, 9.17) is 0 Å². The first kappa shape index (κ1) is 22.7. The van der Waals surface area contributed by atoms with E-state index in [9.17, 15) is 22.8 Å². The Morgan fingerprint density at radius 3 is 2.24 bits per heavy atom. The summed E-state index contributed by atoms with van der Waals surface area (Å²) >= 11 is 0. The van der Waals surface area contributed by atoms with E-state index in [0.717, 1.165) is 17.7 Å². The van der Waals surface area contributed by atoms with E-state index in [0.29, 0.717) is 12.2 Å². The van der Waals surface area contributed by atoms with Gasteiger partial charge < -0.3 is 10.6 Å². The highest BCUT2D eigenvalue weighted by molar-refractivity contribution is 6.06. The van der Waals surface area contributed by atoms with Gasteiger partial charge in [-0.3, -0.25) is 9.59 Å². The summed E-state index contributed by atoms with van der Waals surface area (Å²) in [6.07, 6.45) is -3.01. The number of halogens is 3. The second kappa shape index (κ2) is 9.57. The van der Waals surface area contributed by atoms with E-state index in [1.165, 1.54) is 35.1 Å². The Bertz CT molecular complexity index is 1320. The van der Waals surface area contributed by atoms with E-state index < -0.39 is 23.6 Å². The van der Waals surface area contributed by atoms with Gasteiger partial charge in [-0.2, -0.15) is 13.2 Å². The lowest BCUT2D eigenvalue weighted by Crippen LogP contribution is -2.15. The van der Waals surface area contributed by atoms with E-state index >= 15 is 0 Å². The number of amides is 2. The smallest absolute Gasteiger partial charge is 0.322 e. The Labute approximate surface area is 192 Å². The number of nitrogens with one attached hydrogen (secondary N) is 2. The van der Waals surface area contributed by atoms with Crippen LogP contribution in [0.25, 0.3) is 0 Å². The van der Waals surface area contributed by atoms with Crippen LogP contribution in [0.5, 0.6) is 0 Å². The van der Waals surface area contributed by atoms with Crippen LogP contribution in [0.3, 0.4) is 0 Å². The SMILES string of the molecule is O=C(Nc1cccc(C(F)(F)F)c1)c1cccc(NC(=O)c2cn(Cc3ccccc3)nn2)c1. The Hall–Kier alpha value is -4.47. The molecule has 4 rings (SSSR count). The lowest BCUT2D eigenvalue weighted by molar-refractivity contribution is -0.137. The third kappa shape index (κ3) is 5.66. The molecule has 2 amide bonds. The number of carbonyl (C=O) groups is 2. The van der Waals surface area contributed by atoms with Gasteiger partial charge >= 0.3 is 6.18 Å². The van der Waals surface area contributed by atoms with Gasteiger partial charge in [-0.1, -0.05) is 47.7 Å². The van der Waals surface area contributed by atoms with Crippen molar-refractivity contribution in [1.82, 2.24) is 15.0 Å². The topological polar surface area (TPSA) is 88.9 Å². The normalized spacial score (nSPS) is 11.1. The minimum Gasteiger partial charge on any atom is -0.322 e. The van der Waals surface area contributed by atoms with Crippen molar-refractivity contribution in [2.75, 3.05) is 10.6 Å². The fraction of sp³-hybridized carbons (Fsp3) is 0.0833. The molecule has 3 aromatic carbocycles. The number of rotatable bonds is 6. The molecular weight excluding hydrogens is 447 g/mol. The average molecular weight is 465 g/mol. The van der Waals surface area contributed by atoms with E-state index in [-0.39, 0.29) is 16.9 Å². The summed E-state index contributed by atoms with van der Waals surface area (Å²) in [6.45, 7) is 0.451. The molecule has 0 bridgehead atoms. The number of carbonyl (C=O) groups excluding carboxylic acids is 2. The molecule has 172 valence electrons. The van der Waals surface area contributed by atoms with Crippen LogP contribution in [0.15, 0.2) is 85.1 Å². The number of aromatic nitrogens is 3. The van der Waals surface area contributed by atoms with Gasteiger partial charge in [0.1, 0.15) is 0 Å². The maximum atomic E-state index is 12.9. The first-order valence-electron chi connectivity index (χ1n) is 10.1. The van der Waals surface area contributed by atoms with Gasteiger partial charge in [0.2, 0.25) is 0 Å². The van der Waals surface area contributed by atoms with Crippen molar-refractivity contribution in [3.05, 3.63) is 107 Å². The monoisotopic (exact) mass is 465 g/mol. The fourth-order valence-electron chi connectivity index (χ4n) is 3.16. The van der Waals surface area contributed by atoms with Gasteiger partial charge in [0.05, 0.1) is 18.3 Å². The molecule has 0 saturated heterocycles. The van der Waals surface area contributed by atoms with Crippen molar-refractivity contribution in [2.45, 2.75) is 12.7 Å². The molecule has 0 aliphatic carbocycles. The molecule has 0 aliphatic heterocycles. The van der Waals surface area contributed by atoms with Gasteiger partial charge in [-0.15, -0.1) is 5.10 Å². The number of nitrogens with zero attached hydrogens (tertiary/aromatic N) is 3. The predicted molar refractivity (Wildman–Crippen MR) is 119 cm³/mol. The van der Waals surface area contributed by atoms with Crippen LogP contribution in [0.2, 0.25) is 0 Å². The van der Waals surface area contributed by atoms with Crippen molar-refractivity contribution < 1.29 is 22.8 Å². The third-order valence-electron chi connectivity index (χ3n) is 4.79. The Kier molecular flexibility index (Phi) is 6.39. The predicted octanol–water partition coefficient (Wildman–Crippen LogP) is 4.85. The molecule has 1 aromatic heterocycles. The van der Waals surface area contributed by atoms with Crippen LogP contribution in [0.1, 0.15) is 32.0 Å². The van der Waals surface area contributed by atoms with Crippen molar-refractivity contribution in [2.24, 2.45) is 0 Å². The summed E-state index contributed by atoms with van der Waals surface area (Å²) in [5.74, 6) is -1.14. The maximum Gasteiger partial charge on any atom is 0.416 e. The highest BCUT2D eigenvalue weighted by atomic mass is 19.4. The first-order chi connectivity index (χ1) is 16.3. The van der Waals surface area contributed by atoms with Gasteiger partial charge in [-0.25, -0.2) is 4.68 Å². The highest BCUT2D eigenvalue weighted by Crippen LogP contribution is 2.30. The maximum absolute atomic E-state index is 12.9. The standard InChI is InChI=1S/C24H18F3N5O2/c25-24(26,27)18-9-5-11-20(13-18)28-22(33)17-8-4-10-19(12-17)29-23(34)21-15-32(31-30-21)14-16-6-2-1-3-7-16/h1-13,15H,14H2,(H,28,33)(H,29,34). The number of hydrogen-bond acceptors (Lipinski definition) is 4. The van der Waals surface area contributed by atoms with Crippen molar-refractivity contribution >= 4 is 23.2 Å². The van der Waals surface area contributed by atoms with Crippen LogP contribution in [-0.4, -0.2) is 26.8 Å². The molecule has 2 N–H and O–H groups in total. The van der Waals surface area contributed by atoms with E-state index in [2.05, 4.69) is 20.9 Å². The molecule has 0 unspecified atom stereocenters. The van der Waals surface area contributed by atoms with Gasteiger partial charge in [0.15, 0.2) is 5.69 Å². The van der Waals surface area contributed by atoms with Crippen LogP contribution in [0, 0.1) is 0 Å². The van der Waals surface area contributed by atoms with Crippen LogP contribution in [-0.2, 0) is 12.7 Å². The van der Waals surface area contributed by atoms with Crippen molar-refractivity contribution in [1.29, 1.82) is 0 Å². The molecule has 0 saturated carbocycles. The minimum atomic E-state index is -4.52. The van der Waals surface area contributed by atoms with Crippen LogP contribution in [0.4, 0.5) is 24.5 Å². The average Bonchev–Trinajstić information content (AvgIpc) is 3.28. The van der Waals surface area contributed by atoms with Gasteiger partial charge in [0, 0.05) is 16.9 Å². The quantitative estimate of drug-likeness (QED) is 0.426. The third-order valence-corrected chi connectivity index (χ3v) is 4.79. The summed E-state index contributed by atoms with van der Waals surface area (Å²) < 4.78 is 40.2. The van der Waals surface area contributed by atoms with E-state index in [1.54, 1.807) is 12.1 Å². The number of benzene rings is 3. The molecule has 7 nitrogen and oxygen atoms in total. The molecule has 0 fully saturated rings. The summed E-state index contributed by atoms with van der Waals surface area (Å²) in [7, 11) is 0. The summed E-state index contributed by atoms with van der Waals surface area (Å²) in [6, 6.07) is 19.9. The van der Waals surface area contributed by atoms with Gasteiger partial charge in [0.25, 0.3) is 11.8 Å². The molecule has 0 spiro atoms. The van der Waals surface area contributed by atoms with Gasteiger partial charge in [-0.05, 0) is 42.0 Å². The summed E-state index contributed by atoms with van der Waals surface area (Å²) in [5.41, 5.74) is 0.701. The molecular formula is C24H18F3N5O2. The first-order valence-corrected chi connectivity index (χ1v) is 10.1. The minimum absolute atomic E-state index is 0.00398. The van der Waals surface area contributed by atoms with Crippen molar-refractivity contribution in [3.8, 4) is 0 Å². The van der Waals surface area contributed by atoms with E-state index in [1.807, 2.05) is 30.3 Å². The van der Waals surface area contributed by atoms with Crippen LogP contribution >= 0.6 is 0 Å². The highest BCUT2D eigenvalue weighted by Gasteiger charge is 2.30. The zero-order chi connectivity index (χ0) is 24.1. The Balaban J connectivity index is 1.42.